The van der Waals surface area contributed by atoms with E-state index in [0.717, 1.165) is 19.3 Å². The van der Waals surface area contributed by atoms with Crippen LogP contribution >= 0.6 is 0 Å². The number of ether oxygens (including phenoxy) is 1. The zero-order valence-electron chi connectivity index (χ0n) is 10.3. The van der Waals surface area contributed by atoms with Gasteiger partial charge in [-0.3, -0.25) is 4.79 Å². The van der Waals surface area contributed by atoms with Crippen LogP contribution in [0.2, 0.25) is 0 Å². The Hall–Kier alpha value is -2.08. The minimum absolute atomic E-state index is 0.422. The van der Waals surface area contributed by atoms with Gasteiger partial charge >= 0.3 is 5.97 Å². The number of carbonyl (C=O) groups is 1. The highest BCUT2D eigenvalue weighted by atomic mass is 16.5. The van der Waals surface area contributed by atoms with E-state index in [0.29, 0.717) is 0 Å². The number of rotatable bonds is 2. The molecular formula is C15H15NO2. The normalized spacial score (nSPS) is 17.7. The third-order valence-corrected chi connectivity index (χ3v) is 3.06. The van der Waals surface area contributed by atoms with Gasteiger partial charge in [0, 0.05) is 6.92 Å². The first-order chi connectivity index (χ1) is 8.69. The molecule has 92 valence electrons. The maximum absolute atomic E-state index is 10.9. The van der Waals surface area contributed by atoms with Crippen LogP contribution in [0.5, 0.6) is 0 Å². The first kappa shape index (κ1) is 12.4. The average molecular weight is 241 g/mol. The van der Waals surface area contributed by atoms with Gasteiger partial charge in [-0.05, 0) is 36.5 Å². The lowest BCUT2D eigenvalue weighted by Crippen LogP contribution is -2.14. The van der Waals surface area contributed by atoms with Crippen LogP contribution in [0.25, 0.3) is 0 Å². The molecule has 0 aliphatic heterocycles. The predicted molar refractivity (Wildman–Crippen MR) is 67.7 cm³/mol. The smallest absolute Gasteiger partial charge is 0.304 e. The summed E-state index contributed by atoms with van der Waals surface area (Å²) in [5.41, 5.74) is 3.84. The van der Waals surface area contributed by atoms with E-state index in [2.05, 4.69) is 12.1 Å². The molecule has 1 unspecified atom stereocenters. The van der Waals surface area contributed by atoms with Crippen molar-refractivity contribution in [2.24, 2.45) is 0 Å². The SMILES string of the molecule is CC(=O)OC(C#N)/C=C1\CCc2ccccc2C1. The fourth-order valence-corrected chi connectivity index (χ4v) is 2.23. The molecule has 0 spiro atoms. The summed E-state index contributed by atoms with van der Waals surface area (Å²) in [7, 11) is 0. The minimum Gasteiger partial charge on any atom is -0.443 e. The summed E-state index contributed by atoms with van der Waals surface area (Å²) >= 11 is 0. The third-order valence-electron chi connectivity index (χ3n) is 3.06. The Bertz CT molecular complexity index is 526. The Morgan fingerprint density at radius 1 is 1.39 bits per heavy atom. The molecule has 3 heteroatoms. The lowest BCUT2D eigenvalue weighted by Gasteiger charge is -2.19. The molecule has 3 nitrogen and oxygen atoms in total. The van der Waals surface area contributed by atoms with E-state index in [1.807, 2.05) is 18.2 Å². The number of esters is 1. The second kappa shape index (κ2) is 5.50. The van der Waals surface area contributed by atoms with Crippen LogP contribution in [0.3, 0.4) is 0 Å². The molecule has 0 heterocycles. The molecule has 0 N–H and O–H groups in total. The van der Waals surface area contributed by atoms with E-state index in [1.54, 1.807) is 6.08 Å². The van der Waals surface area contributed by atoms with Gasteiger partial charge in [-0.15, -0.1) is 0 Å². The minimum atomic E-state index is -0.761. The quantitative estimate of drug-likeness (QED) is 0.590. The van der Waals surface area contributed by atoms with Gasteiger partial charge in [-0.25, -0.2) is 0 Å². The number of benzene rings is 1. The van der Waals surface area contributed by atoms with E-state index >= 15 is 0 Å². The van der Waals surface area contributed by atoms with Crippen molar-refractivity contribution in [3.05, 3.63) is 47.0 Å². The molecule has 0 bridgehead atoms. The maximum Gasteiger partial charge on any atom is 0.304 e. The average Bonchev–Trinajstić information content (AvgIpc) is 2.37. The van der Waals surface area contributed by atoms with Gasteiger partial charge in [0.15, 0.2) is 0 Å². The van der Waals surface area contributed by atoms with E-state index in [9.17, 15) is 4.79 Å². The van der Waals surface area contributed by atoms with Crippen LogP contribution in [-0.2, 0) is 22.4 Å². The Morgan fingerprint density at radius 3 is 2.78 bits per heavy atom. The summed E-state index contributed by atoms with van der Waals surface area (Å²) in [5, 5.41) is 8.93. The van der Waals surface area contributed by atoms with Gasteiger partial charge in [0.2, 0.25) is 6.10 Å². The number of fused-ring (bicyclic) bond motifs is 1. The van der Waals surface area contributed by atoms with Gasteiger partial charge in [0.25, 0.3) is 0 Å². The third kappa shape index (κ3) is 2.98. The summed E-state index contributed by atoms with van der Waals surface area (Å²) in [6.45, 7) is 1.32. The molecule has 18 heavy (non-hydrogen) atoms. The predicted octanol–water partition coefficient (Wildman–Crippen LogP) is 2.56. The summed E-state index contributed by atoms with van der Waals surface area (Å²) in [6, 6.07) is 10.3. The van der Waals surface area contributed by atoms with Crippen molar-refractivity contribution >= 4 is 5.97 Å². The number of carbonyl (C=O) groups excluding carboxylic acids is 1. The van der Waals surface area contributed by atoms with Crippen LogP contribution in [0, 0.1) is 11.3 Å². The molecule has 0 radical (unpaired) electrons. The lowest BCUT2D eigenvalue weighted by atomic mass is 9.87. The van der Waals surface area contributed by atoms with E-state index in [4.69, 9.17) is 10.00 Å². The molecule has 0 saturated heterocycles. The van der Waals surface area contributed by atoms with Crippen molar-refractivity contribution in [3.63, 3.8) is 0 Å². The molecule has 0 aromatic heterocycles. The van der Waals surface area contributed by atoms with Gasteiger partial charge in [0.1, 0.15) is 6.07 Å². The van der Waals surface area contributed by atoms with E-state index < -0.39 is 12.1 Å². The molecule has 0 amide bonds. The fourth-order valence-electron chi connectivity index (χ4n) is 2.23. The molecule has 1 aromatic carbocycles. The van der Waals surface area contributed by atoms with Crippen molar-refractivity contribution in [3.8, 4) is 6.07 Å². The number of hydrogen-bond donors (Lipinski definition) is 0. The number of aryl methyl sites for hydroxylation is 1. The first-order valence-electron chi connectivity index (χ1n) is 6.02. The largest absolute Gasteiger partial charge is 0.443 e. The fraction of sp³-hybridized carbons (Fsp3) is 0.333. The zero-order chi connectivity index (χ0) is 13.0. The summed E-state index contributed by atoms with van der Waals surface area (Å²) in [5.74, 6) is -0.422. The molecule has 0 saturated carbocycles. The van der Waals surface area contributed by atoms with E-state index in [-0.39, 0.29) is 0 Å². The highest BCUT2D eigenvalue weighted by molar-refractivity contribution is 5.66. The van der Waals surface area contributed by atoms with E-state index in [1.165, 1.54) is 23.6 Å². The molecular weight excluding hydrogens is 226 g/mol. The van der Waals surface area contributed by atoms with Crippen molar-refractivity contribution < 1.29 is 9.53 Å². The van der Waals surface area contributed by atoms with Crippen molar-refractivity contribution in [1.82, 2.24) is 0 Å². The Labute approximate surface area is 107 Å². The second-order valence-electron chi connectivity index (χ2n) is 4.43. The number of allylic oxidation sites excluding steroid dienone is 1. The molecule has 1 aliphatic rings. The monoisotopic (exact) mass is 241 g/mol. The van der Waals surface area contributed by atoms with Gasteiger partial charge < -0.3 is 4.74 Å². The number of nitriles is 1. The zero-order valence-corrected chi connectivity index (χ0v) is 10.3. The highest BCUT2D eigenvalue weighted by Gasteiger charge is 2.15. The Morgan fingerprint density at radius 2 is 2.11 bits per heavy atom. The molecule has 1 aromatic rings. The number of nitrogens with zero attached hydrogens (tertiary/aromatic N) is 1. The van der Waals surface area contributed by atoms with Crippen LogP contribution < -0.4 is 0 Å². The van der Waals surface area contributed by atoms with Crippen LogP contribution in [0.1, 0.15) is 24.5 Å². The van der Waals surface area contributed by atoms with Gasteiger partial charge in [-0.1, -0.05) is 29.8 Å². The Kier molecular flexibility index (Phi) is 3.78. The van der Waals surface area contributed by atoms with Crippen molar-refractivity contribution in [2.45, 2.75) is 32.3 Å². The number of hydrogen-bond acceptors (Lipinski definition) is 3. The molecule has 0 fully saturated rings. The Balaban J connectivity index is 2.12. The molecule has 2 rings (SSSR count). The summed E-state index contributed by atoms with van der Waals surface area (Å²) in [4.78, 5) is 10.9. The van der Waals surface area contributed by atoms with Crippen LogP contribution in [-0.4, -0.2) is 12.1 Å². The molecule has 1 atom stereocenters. The molecule has 1 aliphatic carbocycles. The van der Waals surface area contributed by atoms with Gasteiger partial charge in [0.05, 0.1) is 0 Å². The topological polar surface area (TPSA) is 50.1 Å². The van der Waals surface area contributed by atoms with Crippen molar-refractivity contribution in [1.29, 1.82) is 5.26 Å². The highest BCUT2D eigenvalue weighted by Crippen LogP contribution is 2.25. The van der Waals surface area contributed by atoms with Crippen LogP contribution in [0.15, 0.2) is 35.9 Å². The van der Waals surface area contributed by atoms with Gasteiger partial charge in [-0.2, -0.15) is 5.26 Å². The summed E-state index contributed by atoms with van der Waals surface area (Å²) < 4.78 is 4.91. The lowest BCUT2D eigenvalue weighted by molar-refractivity contribution is -0.142. The summed E-state index contributed by atoms with van der Waals surface area (Å²) in [6.07, 6.45) is 3.77. The van der Waals surface area contributed by atoms with Crippen molar-refractivity contribution in [2.75, 3.05) is 0 Å². The standard InChI is InChI=1S/C15H15NO2/c1-11(17)18-15(10-16)9-12-6-7-13-4-2-3-5-14(13)8-12/h2-5,9,15H,6-8H2,1H3/b12-9+. The first-order valence-corrected chi connectivity index (χ1v) is 6.02. The second-order valence-corrected chi connectivity index (χ2v) is 4.43. The van der Waals surface area contributed by atoms with Crippen LogP contribution in [0.4, 0.5) is 0 Å². The maximum atomic E-state index is 10.9.